The Labute approximate surface area is 104 Å². The minimum Gasteiger partial charge on any atom is -0.481 e. The monoisotopic (exact) mass is 254 g/mol. The van der Waals surface area contributed by atoms with E-state index in [1.165, 1.54) is 18.2 Å². The third-order valence-corrected chi connectivity index (χ3v) is 2.44. The lowest BCUT2D eigenvalue weighted by atomic mass is 10.1. The van der Waals surface area contributed by atoms with E-state index in [1.807, 2.05) is 0 Å². The molecule has 4 N–H and O–H groups in total. The summed E-state index contributed by atoms with van der Waals surface area (Å²) in [5.41, 5.74) is 6.00. The van der Waals surface area contributed by atoms with Crippen LogP contribution < -0.4 is 11.1 Å². The lowest BCUT2D eigenvalue weighted by Crippen LogP contribution is -2.42. The van der Waals surface area contributed by atoms with Gasteiger partial charge in [0.25, 0.3) is 0 Å². The lowest BCUT2D eigenvalue weighted by molar-refractivity contribution is -0.139. The van der Waals surface area contributed by atoms with Crippen molar-refractivity contribution >= 4 is 11.9 Å². The predicted molar refractivity (Wildman–Crippen MR) is 63.2 cm³/mol. The van der Waals surface area contributed by atoms with Gasteiger partial charge in [0.2, 0.25) is 5.91 Å². The van der Waals surface area contributed by atoms with Crippen LogP contribution in [0.2, 0.25) is 0 Å². The van der Waals surface area contributed by atoms with E-state index in [2.05, 4.69) is 5.32 Å². The summed E-state index contributed by atoms with van der Waals surface area (Å²) in [5, 5.41) is 11.0. The van der Waals surface area contributed by atoms with Crippen LogP contribution in [-0.2, 0) is 9.59 Å². The van der Waals surface area contributed by atoms with Crippen molar-refractivity contribution in [3.05, 3.63) is 35.6 Å². The third-order valence-electron chi connectivity index (χ3n) is 2.44. The molecule has 18 heavy (non-hydrogen) atoms. The second-order valence-corrected chi connectivity index (χ2v) is 3.99. The van der Waals surface area contributed by atoms with Crippen LogP contribution in [0.1, 0.15) is 24.9 Å². The van der Waals surface area contributed by atoms with Gasteiger partial charge < -0.3 is 16.2 Å². The van der Waals surface area contributed by atoms with Crippen LogP contribution >= 0.6 is 0 Å². The van der Waals surface area contributed by atoms with Gasteiger partial charge in [-0.3, -0.25) is 9.59 Å². The first-order valence-corrected chi connectivity index (χ1v) is 5.43. The van der Waals surface area contributed by atoms with Crippen molar-refractivity contribution in [1.82, 2.24) is 5.32 Å². The zero-order chi connectivity index (χ0) is 13.7. The van der Waals surface area contributed by atoms with Gasteiger partial charge in [-0.2, -0.15) is 0 Å². The fourth-order valence-corrected chi connectivity index (χ4v) is 1.46. The molecule has 0 aliphatic rings. The molecule has 98 valence electrons. The number of benzene rings is 1. The topological polar surface area (TPSA) is 92.4 Å². The molecule has 0 aliphatic carbocycles. The SMILES string of the molecule is CC(NC(=O)C(N)CC(=O)O)c1cccc(F)c1. The Morgan fingerprint density at radius 1 is 1.50 bits per heavy atom. The van der Waals surface area contributed by atoms with Crippen molar-refractivity contribution in [1.29, 1.82) is 0 Å². The molecule has 0 saturated carbocycles. The lowest BCUT2D eigenvalue weighted by Gasteiger charge is -2.17. The summed E-state index contributed by atoms with van der Waals surface area (Å²) in [6, 6.07) is 4.25. The Morgan fingerprint density at radius 3 is 2.72 bits per heavy atom. The zero-order valence-electron chi connectivity index (χ0n) is 9.89. The smallest absolute Gasteiger partial charge is 0.305 e. The number of carboxylic acid groups (broad SMARTS) is 1. The highest BCUT2D eigenvalue weighted by molar-refractivity contribution is 5.86. The van der Waals surface area contributed by atoms with E-state index < -0.39 is 36.2 Å². The van der Waals surface area contributed by atoms with Crippen molar-refractivity contribution < 1.29 is 19.1 Å². The molecule has 6 heteroatoms. The maximum atomic E-state index is 13.0. The second kappa shape index (κ2) is 6.11. The van der Waals surface area contributed by atoms with Gasteiger partial charge in [-0.25, -0.2) is 4.39 Å². The standard InChI is InChI=1S/C12H15FN2O3/c1-7(8-3-2-4-9(13)5-8)15-12(18)10(14)6-11(16)17/h2-5,7,10H,6,14H2,1H3,(H,15,18)(H,16,17). The normalized spacial score (nSPS) is 13.7. The highest BCUT2D eigenvalue weighted by Crippen LogP contribution is 2.13. The molecule has 0 spiro atoms. The van der Waals surface area contributed by atoms with Crippen LogP contribution in [0.25, 0.3) is 0 Å². The first kappa shape index (κ1) is 14.1. The van der Waals surface area contributed by atoms with E-state index in [4.69, 9.17) is 10.8 Å². The summed E-state index contributed by atoms with van der Waals surface area (Å²) < 4.78 is 13.0. The molecule has 1 aromatic carbocycles. The van der Waals surface area contributed by atoms with Gasteiger partial charge in [-0.15, -0.1) is 0 Å². The number of hydrogen-bond acceptors (Lipinski definition) is 3. The number of hydrogen-bond donors (Lipinski definition) is 3. The maximum Gasteiger partial charge on any atom is 0.305 e. The number of amides is 1. The minimum absolute atomic E-state index is 0.400. The molecule has 0 fully saturated rings. The Hall–Kier alpha value is -1.95. The van der Waals surface area contributed by atoms with Crippen LogP contribution in [0.4, 0.5) is 4.39 Å². The van der Waals surface area contributed by atoms with Crippen LogP contribution in [0.5, 0.6) is 0 Å². The molecule has 5 nitrogen and oxygen atoms in total. The van der Waals surface area contributed by atoms with E-state index in [0.29, 0.717) is 5.56 Å². The Balaban J connectivity index is 2.62. The first-order chi connectivity index (χ1) is 8.40. The molecule has 2 atom stereocenters. The molecular weight excluding hydrogens is 239 g/mol. The Kier molecular flexibility index (Phi) is 4.79. The number of nitrogens with two attached hydrogens (primary N) is 1. The molecule has 0 aromatic heterocycles. The van der Waals surface area contributed by atoms with E-state index >= 15 is 0 Å². The van der Waals surface area contributed by atoms with Crippen LogP contribution in [0.3, 0.4) is 0 Å². The second-order valence-electron chi connectivity index (χ2n) is 3.99. The van der Waals surface area contributed by atoms with Gasteiger partial charge in [0, 0.05) is 0 Å². The quantitative estimate of drug-likeness (QED) is 0.724. The van der Waals surface area contributed by atoms with Gasteiger partial charge in [0.05, 0.1) is 18.5 Å². The van der Waals surface area contributed by atoms with Crippen LogP contribution in [0.15, 0.2) is 24.3 Å². The van der Waals surface area contributed by atoms with E-state index in [0.717, 1.165) is 0 Å². The fraction of sp³-hybridized carbons (Fsp3) is 0.333. The molecule has 2 unspecified atom stereocenters. The molecule has 0 radical (unpaired) electrons. The van der Waals surface area contributed by atoms with Gasteiger partial charge >= 0.3 is 5.97 Å². The molecule has 1 amide bonds. The highest BCUT2D eigenvalue weighted by Gasteiger charge is 2.19. The summed E-state index contributed by atoms with van der Waals surface area (Å²) in [6.45, 7) is 1.67. The van der Waals surface area contributed by atoms with Gasteiger partial charge in [-0.1, -0.05) is 12.1 Å². The van der Waals surface area contributed by atoms with E-state index in [9.17, 15) is 14.0 Å². The van der Waals surface area contributed by atoms with Crippen molar-refractivity contribution in [3.8, 4) is 0 Å². The van der Waals surface area contributed by atoms with Crippen molar-refractivity contribution in [2.45, 2.75) is 25.4 Å². The average Bonchev–Trinajstić information content (AvgIpc) is 2.27. The largest absolute Gasteiger partial charge is 0.481 e. The van der Waals surface area contributed by atoms with Gasteiger partial charge in [0.15, 0.2) is 0 Å². The summed E-state index contributed by atoms with van der Waals surface area (Å²) in [4.78, 5) is 22.0. The summed E-state index contributed by atoms with van der Waals surface area (Å²) in [6.07, 6.45) is -0.443. The van der Waals surface area contributed by atoms with Crippen molar-refractivity contribution in [2.24, 2.45) is 5.73 Å². The molecule has 0 aliphatic heterocycles. The predicted octanol–water partition coefficient (Wildman–Crippen LogP) is 0.805. The van der Waals surface area contributed by atoms with Crippen molar-refractivity contribution in [2.75, 3.05) is 0 Å². The molecule has 1 aromatic rings. The fourth-order valence-electron chi connectivity index (χ4n) is 1.46. The van der Waals surface area contributed by atoms with Crippen LogP contribution in [0, 0.1) is 5.82 Å². The zero-order valence-corrected chi connectivity index (χ0v) is 9.89. The molecule has 1 rings (SSSR count). The molecule has 0 saturated heterocycles. The third kappa shape index (κ3) is 4.14. The molecular formula is C12H15FN2O3. The first-order valence-electron chi connectivity index (χ1n) is 5.43. The van der Waals surface area contributed by atoms with E-state index in [-0.39, 0.29) is 0 Å². The maximum absolute atomic E-state index is 13.0. The number of halogens is 1. The number of nitrogens with one attached hydrogen (secondary N) is 1. The number of carboxylic acids is 1. The summed E-state index contributed by atoms with van der Waals surface area (Å²) in [7, 11) is 0. The van der Waals surface area contributed by atoms with Crippen LogP contribution in [-0.4, -0.2) is 23.0 Å². The Bertz CT molecular complexity index is 451. The van der Waals surface area contributed by atoms with Gasteiger partial charge in [-0.05, 0) is 24.6 Å². The number of rotatable bonds is 5. The van der Waals surface area contributed by atoms with Gasteiger partial charge in [0.1, 0.15) is 5.82 Å². The number of aliphatic carboxylic acids is 1. The molecule has 0 heterocycles. The average molecular weight is 254 g/mol. The summed E-state index contributed by atoms with van der Waals surface area (Å²) in [5.74, 6) is -2.12. The number of carbonyl (C=O) groups excluding carboxylic acids is 1. The highest BCUT2D eigenvalue weighted by atomic mass is 19.1. The molecule has 0 bridgehead atoms. The summed E-state index contributed by atoms with van der Waals surface area (Å²) >= 11 is 0. The minimum atomic E-state index is -1.14. The Morgan fingerprint density at radius 2 is 2.17 bits per heavy atom. The number of carbonyl (C=O) groups is 2. The van der Waals surface area contributed by atoms with E-state index in [1.54, 1.807) is 13.0 Å². The van der Waals surface area contributed by atoms with Crippen molar-refractivity contribution in [3.63, 3.8) is 0 Å².